The van der Waals surface area contributed by atoms with Gasteiger partial charge in [0.05, 0.1) is 24.4 Å². The molecule has 1 heterocycles. The number of aldehydes is 2. The van der Waals surface area contributed by atoms with Crippen LogP contribution in [0.15, 0.2) is 89.3 Å². The van der Waals surface area contributed by atoms with Crippen molar-refractivity contribution in [3.05, 3.63) is 100 Å². The first-order chi connectivity index (χ1) is 19.2. The van der Waals surface area contributed by atoms with Crippen molar-refractivity contribution in [2.45, 2.75) is 60.3 Å². The van der Waals surface area contributed by atoms with Gasteiger partial charge in [-0.3, -0.25) is 4.79 Å². The average Bonchev–Trinajstić information content (AvgIpc) is 2.95. The minimum Gasteiger partial charge on any atom is -0.463 e. The lowest BCUT2D eigenvalue weighted by Crippen LogP contribution is -2.26. The molecule has 0 radical (unpaired) electrons. The van der Waals surface area contributed by atoms with Gasteiger partial charge in [-0.1, -0.05) is 67.6 Å². The van der Waals surface area contributed by atoms with Crippen LogP contribution in [0.25, 0.3) is 5.57 Å². The zero-order chi connectivity index (χ0) is 29.9. The zero-order valence-electron chi connectivity index (χ0n) is 24.4. The minimum atomic E-state index is -0.392. The Morgan fingerprint density at radius 1 is 0.850 bits per heavy atom. The molecule has 2 aromatic carbocycles. The largest absolute Gasteiger partial charge is 0.463 e. The predicted molar refractivity (Wildman–Crippen MR) is 158 cm³/mol. The third kappa shape index (κ3) is 11.6. The van der Waals surface area contributed by atoms with Gasteiger partial charge in [0, 0.05) is 24.2 Å². The van der Waals surface area contributed by atoms with Crippen LogP contribution >= 0.6 is 0 Å². The van der Waals surface area contributed by atoms with E-state index in [4.69, 9.17) is 9.47 Å². The Morgan fingerprint density at radius 2 is 1.32 bits per heavy atom. The Balaban J connectivity index is 0.000000315. The quantitative estimate of drug-likeness (QED) is 0.223. The zero-order valence-corrected chi connectivity index (χ0v) is 24.4. The molecule has 214 valence electrons. The van der Waals surface area contributed by atoms with E-state index in [1.54, 1.807) is 33.8 Å². The van der Waals surface area contributed by atoms with Crippen molar-refractivity contribution in [2.75, 3.05) is 13.2 Å². The van der Waals surface area contributed by atoms with Crippen molar-refractivity contribution in [1.82, 2.24) is 5.32 Å². The third-order valence-electron chi connectivity index (χ3n) is 6.04. The fourth-order valence-corrected chi connectivity index (χ4v) is 3.72. The number of hydrogen-bond donors (Lipinski definition) is 1. The maximum atomic E-state index is 11.7. The second-order valence-corrected chi connectivity index (χ2v) is 9.02. The van der Waals surface area contributed by atoms with Crippen molar-refractivity contribution in [3.8, 4) is 0 Å². The Hall–Kier alpha value is -4.26. The molecule has 0 saturated carbocycles. The van der Waals surface area contributed by atoms with Crippen molar-refractivity contribution < 1.29 is 28.7 Å². The normalized spacial score (nSPS) is 13.4. The van der Waals surface area contributed by atoms with E-state index < -0.39 is 11.9 Å². The standard InChI is InChI=1S/C13H19NO4.C10H12O.C10H10O/c1-5-17-12(15)10-7-11(13(16)18-6-2)9(4)14-8(10)3;2*1-9(7-8-11)10-5-3-2-4-6-10/h14H,5-7H2,1-4H3;2-6,8-9H,7H2,1H3;2-8H,1H3/b;;9-7+/t;9-;/m.0./s1. The number of rotatable bonds is 9. The molecule has 0 fully saturated rings. The summed E-state index contributed by atoms with van der Waals surface area (Å²) >= 11 is 0. The van der Waals surface area contributed by atoms with Gasteiger partial charge >= 0.3 is 11.9 Å². The predicted octanol–water partition coefficient (Wildman–Crippen LogP) is 6.32. The molecular formula is C33H41NO6. The number of nitrogens with one attached hydrogen (secondary N) is 1. The van der Waals surface area contributed by atoms with Gasteiger partial charge < -0.3 is 19.6 Å². The van der Waals surface area contributed by atoms with E-state index in [0.29, 0.717) is 36.7 Å². The molecule has 7 heteroatoms. The molecule has 1 atom stereocenters. The van der Waals surface area contributed by atoms with E-state index in [2.05, 4.69) is 12.2 Å². The lowest BCUT2D eigenvalue weighted by Gasteiger charge is -2.22. The molecule has 0 unspecified atom stereocenters. The van der Waals surface area contributed by atoms with E-state index >= 15 is 0 Å². The van der Waals surface area contributed by atoms with E-state index in [-0.39, 0.29) is 6.42 Å². The topological polar surface area (TPSA) is 98.8 Å². The van der Waals surface area contributed by atoms with Gasteiger partial charge in [0.15, 0.2) is 0 Å². The molecule has 1 aliphatic rings. The highest BCUT2D eigenvalue weighted by Gasteiger charge is 2.26. The van der Waals surface area contributed by atoms with Crippen molar-refractivity contribution >= 4 is 30.1 Å². The maximum Gasteiger partial charge on any atom is 0.336 e. The number of ether oxygens (including phenoxy) is 2. The van der Waals surface area contributed by atoms with Crippen LogP contribution in [-0.4, -0.2) is 37.7 Å². The van der Waals surface area contributed by atoms with Crippen LogP contribution in [-0.2, 0) is 28.7 Å². The van der Waals surface area contributed by atoms with Crippen molar-refractivity contribution in [3.63, 3.8) is 0 Å². The molecular weight excluding hydrogens is 506 g/mol. The monoisotopic (exact) mass is 547 g/mol. The van der Waals surface area contributed by atoms with Crippen LogP contribution in [0.3, 0.4) is 0 Å². The average molecular weight is 548 g/mol. The fraction of sp³-hybridized carbons (Fsp3) is 0.333. The molecule has 0 aromatic heterocycles. The Labute approximate surface area is 238 Å². The van der Waals surface area contributed by atoms with Crippen LogP contribution in [0.1, 0.15) is 71.4 Å². The van der Waals surface area contributed by atoms with Gasteiger partial charge in [-0.25, -0.2) is 9.59 Å². The van der Waals surface area contributed by atoms with E-state index in [1.807, 2.05) is 67.6 Å². The molecule has 7 nitrogen and oxygen atoms in total. The van der Waals surface area contributed by atoms with Gasteiger partial charge in [-0.2, -0.15) is 0 Å². The van der Waals surface area contributed by atoms with Crippen molar-refractivity contribution in [1.29, 1.82) is 0 Å². The van der Waals surface area contributed by atoms with Crippen LogP contribution in [0, 0.1) is 0 Å². The molecule has 2 aromatic rings. The van der Waals surface area contributed by atoms with E-state index in [0.717, 1.165) is 35.1 Å². The number of dihydropyridines is 1. The van der Waals surface area contributed by atoms with Gasteiger partial charge in [0.2, 0.25) is 0 Å². The van der Waals surface area contributed by atoms with E-state index in [9.17, 15) is 19.2 Å². The van der Waals surface area contributed by atoms with E-state index in [1.165, 1.54) is 5.56 Å². The first-order valence-corrected chi connectivity index (χ1v) is 13.4. The molecule has 0 amide bonds. The Kier molecular flexibility index (Phi) is 16.0. The van der Waals surface area contributed by atoms with Gasteiger partial charge in [0.1, 0.15) is 12.6 Å². The smallest absolute Gasteiger partial charge is 0.336 e. The fourth-order valence-electron chi connectivity index (χ4n) is 3.72. The van der Waals surface area contributed by atoms with Gasteiger partial charge in [-0.15, -0.1) is 0 Å². The summed E-state index contributed by atoms with van der Waals surface area (Å²) in [5.41, 5.74) is 5.73. The SMILES string of the molecule is C/C(=C\C=O)c1ccccc1.CCOC(=O)C1=C(C)NC(C)=C(C(=O)OCC)C1.C[C@@H](CC=O)c1ccccc1. The van der Waals surface area contributed by atoms with Crippen LogP contribution in [0.4, 0.5) is 0 Å². The molecule has 3 rings (SSSR count). The number of carbonyl (C=O) groups excluding carboxylic acids is 4. The number of esters is 2. The number of allylic oxidation sites excluding steroid dienone is 4. The molecule has 0 saturated heterocycles. The Bertz CT molecular complexity index is 1160. The molecule has 1 N–H and O–H groups in total. The number of benzene rings is 2. The first-order valence-electron chi connectivity index (χ1n) is 13.4. The third-order valence-corrected chi connectivity index (χ3v) is 6.04. The molecule has 0 bridgehead atoms. The lowest BCUT2D eigenvalue weighted by atomic mass is 9.98. The second-order valence-electron chi connectivity index (χ2n) is 9.02. The highest BCUT2D eigenvalue weighted by Crippen LogP contribution is 2.24. The summed E-state index contributed by atoms with van der Waals surface area (Å²) in [7, 11) is 0. The highest BCUT2D eigenvalue weighted by atomic mass is 16.5. The maximum absolute atomic E-state index is 11.7. The summed E-state index contributed by atoms with van der Waals surface area (Å²) in [5, 5.41) is 3.02. The molecule has 1 aliphatic heterocycles. The number of hydrogen-bond acceptors (Lipinski definition) is 7. The summed E-state index contributed by atoms with van der Waals surface area (Å²) in [6, 6.07) is 19.9. The van der Waals surface area contributed by atoms with Crippen LogP contribution in [0.5, 0.6) is 0 Å². The summed E-state index contributed by atoms with van der Waals surface area (Å²) in [5.74, 6) is -0.428. The molecule has 0 aliphatic carbocycles. The summed E-state index contributed by atoms with van der Waals surface area (Å²) < 4.78 is 9.93. The van der Waals surface area contributed by atoms with Crippen LogP contribution in [0.2, 0.25) is 0 Å². The molecule has 40 heavy (non-hydrogen) atoms. The first kappa shape index (κ1) is 33.8. The number of carbonyl (C=O) groups is 4. The van der Waals surface area contributed by atoms with Gasteiger partial charge in [0.25, 0.3) is 0 Å². The summed E-state index contributed by atoms with van der Waals surface area (Å²) in [6.45, 7) is 11.7. The van der Waals surface area contributed by atoms with Crippen LogP contribution < -0.4 is 5.32 Å². The lowest BCUT2D eigenvalue weighted by molar-refractivity contribution is -0.139. The summed E-state index contributed by atoms with van der Waals surface area (Å²) in [6.07, 6.45) is 4.21. The Morgan fingerprint density at radius 3 is 1.75 bits per heavy atom. The van der Waals surface area contributed by atoms with Crippen molar-refractivity contribution in [2.24, 2.45) is 0 Å². The second kappa shape index (κ2) is 18.9. The minimum absolute atomic E-state index is 0.252. The summed E-state index contributed by atoms with van der Waals surface area (Å²) in [4.78, 5) is 43.8. The van der Waals surface area contributed by atoms with Gasteiger partial charge in [-0.05, 0) is 63.3 Å². The highest BCUT2D eigenvalue weighted by molar-refractivity contribution is 5.96. The molecule has 0 spiro atoms.